The Bertz CT molecular complexity index is 1110. The summed E-state index contributed by atoms with van der Waals surface area (Å²) >= 11 is 0. The van der Waals surface area contributed by atoms with Gasteiger partial charge < -0.3 is 5.53 Å². The van der Waals surface area contributed by atoms with Gasteiger partial charge in [-0.1, -0.05) is 80.1 Å². The van der Waals surface area contributed by atoms with Crippen LogP contribution >= 0.6 is 0 Å². The zero-order chi connectivity index (χ0) is 28.2. The van der Waals surface area contributed by atoms with Gasteiger partial charge in [0.15, 0.2) is 0 Å². The molecule has 0 aliphatic carbocycles. The number of aryl methyl sites for hydroxylation is 4. The van der Waals surface area contributed by atoms with E-state index in [-0.39, 0.29) is 0 Å². The first kappa shape index (κ1) is 31.1. The molecule has 3 rings (SSSR count). The molecule has 2 aromatic rings. The molecule has 2 nitrogen and oxygen atoms in total. The third-order valence-electron chi connectivity index (χ3n) is 8.23. The first-order chi connectivity index (χ1) is 19.0. The van der Waals surface area contributed by atoms with Crippen molar-refractivity contribution in [1.29, 1.82) is 0 Å². The summed E-state index contributed by atoms with van der Waals surface area (Å²) in [4.78, 5) is 0. The maximum Gasteiger partial charge on any atom is 0.207 e. The van der Waals surface area contributed by atoms with E-state index in [1.807, 2.05) is 0 Å². The van der Waals surface area contributed by atoms with E-state index in [0.717, 1.165) is 67.5 Å². The monoisotopic (exact) mass is 526 g/mol. The Morgan fingerprint density at radius 1 is 0.462 bits per heavy atom. The van der Waals surface area contributed by atoms with Crippen molar-refractivity contribution in [3.8, 4) is 0 Å². The largest absolute Gasteiger partial charge is 0.493 e. The van der Waals surface area contributed by atoms with E-state index in [2.05, 4.69) is 78.0 Å². The van der Waals surface area contributed by atoms with Crippen molar-refractivity contribution in [2.24, 2.45) is 0 Å². The highest BCUT2D eigenvalue weighted by Gasteiger charge is 2.26. The van der Waals surface area contributed by atoms with Gasteiger partial charge in [0, 0.05) is 23.3 Å². The first-order valence-corrected chi connectivity index (χ1v) is 16.2. The highest BCUT2D eigenvalue weighted by Crippen LogP contribution is 2.36. The molecule has 0 aromatic heterocycles. The summed E-state index contributed by atoms with van der Waals surface area (Å²) in [5, 5.41) is 0. The minimum absolute atomic E-state index is 0.906. The lowest BCUT2D eigenvalue weighted by Gasteiger charge is -2.19. The Hall–Kier alpha value is -2.48. The third kappa shape index (κ3) is 7.80. The molecule has 0 amide bonds. The number of hydrogen-bond acceptors (Lipinski definition) is 0. The molecule has 0 spiro atoms. The number of nitrogens with zero attached hydrogens (tertiary/aromatic N) is 2. The molecule has 1 aliphatic rings. The summed E-state index contributed by atoms with van der Waals surface area (Å²) in [5.74, 6) is 0. The number of benzene rings is 2. The average Bonchev–Trinajstić information content (AvgIpc) is 3.32. The molecule has 0 bridgehead atoms. The molecule has 0 saturated heterocycles. The van der Waals surface area contributed by atoms with E-state index in [9.17, 15) is 5.53 Å². The summed E-state index contributed by atoms with van der Waals surface area (Å²) in [6.45, 7) is 13.7. The van der Waals surface area contributed by atoms with Gasteiger partial charge >= 0.3 is 0 Å². The lowest BCUT2D eigenvalue weighted by atomic mass is 9.88. The van der Waals surface area contributed by atoms with Gasteiger partial charge in [0.25, 0.3) is 0 Å². The Morgan fingerprint density at radius 2 is 0.821 bits per heavy atom. The van der Waals surface area contributed by atoms with Crippen LogP contribution in [0.1, 0.15) is 144 Å². The van der Waals surface area contributed by atoms with Crippen LogP contribution in [-0.4, -0.2) is 4.70 Å². The Balaban J connectivity index is 2.02. The van der Waals surface area contributed by atoms with Crippen LogP contribution in [0.3, 0.4) is 0 Å². The van der Waals surface area contributed by atoms with Gasteiger partial charge in [-0.3, -0.25) is 0 Å². The van der Waals surface area contributed by atoms with Gasteiger partial charge in [0.1, 0.15) is 0 Å². The van der Waals surface area contributed by atoms with Gasteiger partial charge in [-0.15, -0.1) is 0 Å². The Labute approximate surface area is 240 Å². The second kappa shape index (κ2) is 15.9. The van der Waals surface area contributed by atoms with Crippen LogP contribution in [0, 0.1) is 0 Å². The normalized spacial score (nSPS) is 13.2. The van der Waals surface area contributed by atoms with E-state index in [0.29, 0.717) is 0 Å². The molecule has 0 N–H and O–H groups in total. The van der Waals surface area contributed by atoms with Crippen molar-refractivity contribution in [2.75, 3.05) is 0 Å². The summed E-state index contributed by atoms with van der Waals surface area (Å²) < 4.78 is 1.47. The molecule has 1 aliphatic heterocycles. The molecule has 212 valence electrons. The average molecular weight is 527 g/mol. The van der Waals surface area contributed by atoms with Crippen molar-refractivity contribution in [3.05, 3.63) is 86.5 Å². The number of allylic oxidation sites excluding steroid dienone is 2. The Morgan fingerprint density at radius 3 is 1.21 bits per heavy atom. The summed E-state index contributed by atoms with van der Waals surface area (Å²) in [6.07, 6.45) is 21.8. The van der Waals surface area contributed by atoms with Gasteiger partial charge in [0.05, 0.1) is 0 Å². The molecular weight excluding hydrogens is 472 g/mol. The predicted molar refractivity (Wildman–Crippen MR) is 170 cm³/mol. The van der Waals surface area contributed by atoms with Crippen molar-refractivity contribution < 1.29 is 4.70 Å². The van der Waals surface area contributed by atoms with Crippen LogP contribution in [0.5, 0.6) is 0 Å². The predicted octanol–water partition coefficient (Wildman–Crippen LogP) is 11.0. The minimum Gasteiger partial charge on any atom is -0.493 e. The van der Waals surface area contributed by atoms with Crippen LogP contribution in [0.2, 0.25) is 0 Å². The SMILES string of the molecule is CCCCc1cc(C2=CC=C(c3cc(CCC)c(CCC)c(CCC)c3)[N+]2=[N-])cc(CCCC)c1CCCC. The topological polar surface area (TPSA) is 25.3 Å². The lowest BCUT2D eigenvalue weighted by Crippen LogP contribution is -2.08. The maximum absolute atomic E-state index is 11.6. The zero-order valence-electron chi connectivity index (χ0n) is 26.0. The molecule has 0 radical (unpaired) electrons. The van der Waals surface area contributed by atoms with Gasteiger partial charge in [-0.05, 0) is 115 Å². The fourth-order valence-corrected chi connectivity index (χ4v) is 6.17. The zero-order valence-corrected chi connectivity index (χ0v) is 26.0. The van der Waals surface area contributed by atoms with E-state index in [1.54, 1.807) is 11.1 Å². The van der Waals surface area contributed by atoms with Gasteiger partial charge in [-0.2, -0.15) is 0 Å². The van der Waals surface area contributed by atoms with E-state index < -0.39 is 0 Å². The molecule has 39 heavy (non-hydrogen) atoms. The van der Waals surface area contributed by atoms with Crippen LogP contribution < -0.4 is 0 Å². The summed E-state index contributed by atoms with van der Waals surface area (Å²) in [5.41, 5.74) is 24.8. The van der Waals surface area contributed by atoms with Gasteiger partial charge in [-0.25, -0.2) is 4.70 Å². The molecule has 0 atom stereocenters. The number of unbranched alkanes of at least 4 members (excludes halogenated alkanes) is 3. The smallest absolute Gasteiger partial charge is 0.207 e. The molecule has 0 saturated carbocycles. The van der Waals surface area contributed by atoms with Crippen LogP contribution in [0.25, 0.3) is 16.9 Å². The molecule has 0 unspecified atom stereocenters. The standard InChI is InChI=1S/C37H54N2/c1-7-13-19-30-26-33(27-31(20-14-8-2)35(30)21-15-9-3)37-23-22-36(39(37)38)32-24-28(16-10-4)34(18-12-6)29(25-32)17-11-5/h22-27H,7-21H2,1-6H3. The molecular formula is C37H54N2. The highest BCUT2D eigenvalue weighted by molar-refractivity contribution is 5.76. The Kier molecular flexibility index (Phi) is 12.7. The number of rotatable bonds is 17. The summed E-state index contributed by atoms with van der Waals surface area (Å²) in [6, 6.07) is 9.48. The van der Waals surface area contributed by atoms with E-state index in [1.165, 1.54) is 78.3 Å². The van der Waals surface area contributed by atoms with Crippen molar-refractivity contribution in [1.82, 2.24) is 0 Å². The van der Waals surface area contributed by atoms with Crippen molar-refractivity contribution in [3.63, 3.8) is 0 Å². The number of hydrogen-bond donors (Lipinski definition) is 0. The van der Waals surface area contributed by atoms with Crippen molar-refractivity contribution >= 4 is 11.4 Å². The van der Waals surface area contributed by atoms with Crippen LogP contribution in [0.15, 0.2) is 36.4 Å². The second-order valence-electron chi connectivity index (χ2n) is 11.5. The van der Waals surface area contributed by atoms with Crippen molar-refractivity contribution in [2.45, 2.75) is 138 Å². The fourth-order valence-electron chi connectivity index (χ4n) is 6.17. The quantitative estimate of drug-likeness (QED) is 0.183. The third-order valence-corrected chi connectivity index (χ3v) is 8.23. The molecule has 2 heteroatoms. The molecule has 2 aromatic carbocycles. The van der Waals surface area contributed by atoms with Crippen LogP contribution in [0.4, 0.5) is 0 Å². The highest BCUT2D eigenvalue weighted by atomic mass is 15.2. The fraction of sp³-hybridized carbons (Fsp3) is 0.568. The molecule has 0 fully saturated rings. The molecule has 1 heterocycles. The van der Waals surface area contributed by atoms with E-state index in [4.69, 9.17) is 0 Å². The summed E-state index contributed by atoms with van der Waals surface area (Å²) in [7, 11) is 0. The van der Waals surface area contributed by atoms with E-state index >= 15 is 0 Å². The first-order valence-electron chi connectivity index (χ1n) is 16.2. The second-order valence-corrected chi connectivity index (χ2v) is 11.5. The van der Waals surface area contributed by atoms with Crippen LogP contribution in [-0.2, 0) is 38.5 Å². The van der Waals surface area contributed by atoms with Gasteiger partial charge in [0.2, 0.25) is 11.4 Å². The maximum atomic E-state index is 11.6. The lowest BCUT2D eigenvalue weighted by molar-refractivity contribution is -0.344. The minimum atomic E-state index is 0.906.